The molecule has 4 aromatic carbocycles. The van der Waals surface area contributed by atoms with Crippen LogP contribution >= 0.6 is 35.2 Å². The van der Waals surface area contributed by atoms with Crippen LogP contribution in [0.5, 0.6) is 5.75 Å². The molecule has 5 rings (SSSR count). The fraction of sp³-hybridized carbons (Fsp3) is 0.0606. The molecule has 22 nitrogen and oxygen atoms in total. The Balaban J connectivity index is 1.57. The lowest BCUT2D eigenvalue weighted by Crippen LogP contribution is -2.09. The molecule has 0 saturated carbocycles. The molecule has 0 saturated heterocycles. The lowest BCUT2D eigenvalue weighted by Gasteiger charge is -2.12. The van der Waals surface area contributed by atoms with Crippen molar-refractivity contribution in [2.24, 2.45) is 15.3 Å². The van der Waals surface area contributed by atoms with Crippen LogP contribution in [0.3, 0.4) is 0 Å². The first-order valence-electron chi connectivity index (χ1n) is 16.3. The minimum atomic E-state index is -5.02. The highest BCUT2D eigenvalue weighted by molar-refractivity contribution is 7.94. The van der Waals surface area contributed by atoms with E-state index in [-0.39, 0.29) is 54.8 Å². The maximum Gasteiger partial charge on any atom is 0.337 e. The van der Waals surface area contributed by atoms with Gasteiger partial charge in [-0.2, -0.15) is 28.5 Å². The largest absolute Gasteiger partial charge is 0.504 e. The van der Waals surface area contributed by atoms with Gasteiger partial charge >= 0.3 is 5.97 Å². The van der Waals surface area contributed by atoms with E-state index in [9.17, 15) is 44.8 Å². The van der Waals surface area contributed by atoms with Crippen molar-refractivity contribution < 1.29 is 59.4 Å². The number of aromatic hydroxyl groups is 1. The third-order valence-electron chi connectivity index (χ3n) is 7.59. The molecule has 5 aromatic rings. The number of sulfone groups is 2. The Bertz CT molecular complexity index is 2890. The van der Waals surface area contributed by atoms with Crippen LogP contribution in [0, 0.1) is 0 Å². The zero-order valence-electron chi connectivity index (χ0n) is 30.2. The van der Waals surface area contributed by atoms with Gasteiger partial charge in [-0.3, -0.25) is 9.98 Å². The molecule has 0 aliphatic heterocycles. The van der Waals surface area contributed by atoms with E-state index in [4.69, 9.17) is 28.5 Å². The van der Waals surface area contributed by atoms with Crippen LogP contribution in [0.15, 0.2) is 126 Å². The molecule has 1 heterocycles. The molecule has 61 heavy (non-hydrogen) atoms. The summed E-state index contributed by atoms with van der Waals surface area (Å²) in [5.41, 5.74) is 1.20. The number of carboxylic acid groups (broad SMARTS) is 1. The Morgan fingerprint density at radius 1 is 0.885 bits per heavy atom. The quantitative estimate of drug-likeness (QED) is 0.00561. The molecular formula is C33H27Cl2N9O13S4. The maximum atomic E-state index is 12.6. The minimum Gasteiger partial charge on any atom is -0.504 e. The van der Waals surface area contributed by atoms with Crippen molar-refractivity contribution in [3.05, 3.63) is 107 Å². The van der Waals surface area contributed by atoms with Gasteiger partial charge in [0.2, 0.25) is 23.0 Å². The van der Waals surface area contributed by atoms with Crippen LogP contribution < -0.4 is 16.1 Å². The van der Waals surface area contributed by atoms with Crippen molar-refractivity contribution in [3.8, 4) is 5.75 Å². The fourth-order valence-corrected chi connectivity index (χ4v) is 8.21. The number of carbonyl (C=O) groups is 1. The summed E-state index contributed by atoms with van der Waals surface area (Å²) >= 11 is 12.3. The summed E-state index contributed by atoms with van der Waals surface area (Å²) in [7, 11) is -12.6. The lowest BCUT2D eigenvalue weighted by atomic mass is 10.2. The summed E-state index contributed by atoms with van der Waals surface area (Å²) in [5.74, 6) is -3.80. The van der Waals surface area contributed by atoms with Gasteiger partial charge in [0.25, 0.3) is 10.1 Å². The first-order valence-corrected chi connectivity index (χ1v) is 22.6. The van der Waals surface area contributed by atoms with Crippen LogP contribution in [0.2, 0.25) is 5.28 Å². The summed E-state index contributed by atoms with van der Waals surface area (Å²) in [5, 5.41) is 50.9. The number of amidine groups is 1. The number of alkyl halides is 1. The number of phenols is 1. The van der Waals surface area contributed by atoms with E-state index >= 15 is 0 Å². The Labute approximate surface area is 359 Å². The number of anilines is 5. The molecule has 0 unspecified atom stereocenters. The third kappa shape index (κ3) is 12.2. The SMILES string of the molecule is C=CS(=O)(=O)c1cccc(Nc2nc(Cl)nc(Nc3cc(S(=O)(=O)O)cc(N=NC(=NNc4cc(SOOO)ccc4C(=O)O)c4ccc(S(=O)(=O)CCCl)cc4)c3O)n2)c1. The van der Waals surface area contributed by atoms with Gasteiger partial charge < -0.3 is 20.8 Å². The number of halogens is 2. The van der Waals surface area contributed by atoms with E-state index in [2.05, 4.69) is 62.3 Å². The maximum absolute atomic E-state index is 12.6. The number of hydrazone groups is 1. The smallest absolute Gasteiger partial charge is 0.337 e. The Kier molecular flexibility index (Phi) is 14.9. The van der Waals surface area contributed by atoms with Crippen LogP contribution in [0.1, 0.15) is 15.9 Å². The Morgan fingerprint density at radius 2 is 1.59 bits per heavy atom. The van der Waals surface area contributed by atoms with Gasteiger partial charge in [-0.1, -0.05) is 17.7 Å². The predicted molar refractivity (Wildman–Crippen MR) is 221 cm³/mol. The van der Waals surface area contributed by atoms with Crippen molar-refractivity contribution in [2.75, 3.05) is 27.7 Å². The highest BCUT2D eigenvalue weighted by atomic mass is 35.5. The zero-order valence-corrected chi connectivity index (χ0v) is 35.0. The molecular weight excluding hydrogens is 930 g/mol. The second-order valence-electron chi connectivity index (χ2n) is 11.6. The summed E-state index contributed by atoms with van der Waals surface area (Å²) in [6.45, 7) is 3.29. The average Bonchev–Trinajstić information content (AvgIpc) is 3.20. The molecule has 7 N–H and O–H groups in total. The van der Waals surface area contributed by atoms with Crippen LogP contribution in [-0.4, -0.2) is 83.7 Å². The highest BCUT2D eigenvalue weighted by Gasteiger charge is 2.21. The summed E-state index contributed by atoms with van der Waals surface area (Å²) in [6, 6.07) is 15.7. The van der Waals surface area contributed by atoms with E-state index < -0.39 is 74.8 Å². The van der Waals surface area contributed by atoms with Gasteiger partial charge in [-0.05, 0) is 84.4 Å². The van der Waals surface area contributed by atoms with E-state index in [1.807, 2.05) is 0 Å². The van der Waals surface area contributed by atoms with Gasteiger partial charge in [-0.25, -0.2) is 26.9 Å². The fourth-order valence-electron chi connectivity index (χ4n) is 4.77. The number of aromatic nitrogens is 3. The summed E-state index contributed by atoms with van der Waals surface area (Å²) in [6.07, 6.45) is 0. The topological polar surface area (TPSA) is 331 Å². The second kappa shape index (κ2) is 19.7. The number of nitrogens with zero attached hydrogens (tertiary/aromatic N) is 6. The van der Waals surface area contributed by atoms with Crippen LogP contribution in [0.4, 0.5) is 34.6 Å². The Hall–Kier alpha value is -5.81. The molecule has 0 aliphatic rings. The first kappa shape index (κ1) is 46.3. The number of phenolic OH excluding ortho intramolecular Hbond substituents is 1. The number of carboxylic acids is 1. The number of hydrogen-bond donors (Lipinski definition) is 7. The monoisotopic (exact) mass is 955 g/mol. The van der Waals surface area contributed by atoms with Crippen LogP contribution in [0.25, 0.3) is 0 Å². The molecule has 0 bridgehead atoms. The van der Waals surface area contributed by atoms with Gasteiger partial charge in [0, 0.05) is 27.4 Å². The van der Waals surface area contributed by atoms with Gasteiger partial charge in [0.1, 0.15) is 5.69 Å². The molecule has 0 aliphatic carbocycles. The van der Waals surface area contributed by atoms with Crippen molar-refractivity contribution in [1.82, 2.24) is 15.0 Å². The number of azo groups is 1. The molecule has 0 atom stereocenters. The summed E-state index contributed by atoms with van der Waals surface area (Å²) < 4.78 is 88.9. The van der Waals surface area contributed by atoms with Gasteiger partial charge in [-0.15, -0.1) is 26.2 Å². The van der Waals surface area contributed by atoms with Crippen molar-refractivity contribution in [1.29, 1.82) is 0 Å². The van der Waals surface area contributed by atoms with Crippen LogP contribution in [-0.2, 0) is 39.2 Å². The molecule has 0 radical (unpaired) electrons. The highest BCUT2D eigenvalue weighted by Crippen LogP contribution is 2.39. The number of rotatable bonds is 18. The number of hydrogen-bond acceptors (Lipinski definition) is 20. The Morgan fingerprint density at radius 3 is 2.23 bits per heavy atom. The van der Waals surface area contributed by atoms with E-state index in [0.717, 1.165) is 17.5 Å². The summed E-state index contributed by atoms with van der Waals surface area (Å²) in [4.78, 5) is 23.1. The van der Waals surface area contributed by atoms with Crippen molar-refractivity contribution >= 4 is 111 Å². The van der Waals surface area contributed by atoms with Crippen molar-refractivity contribution in [2.45, 2.75) is 19.6 Å². The standard InChI is InChI=1S/C33H27Cl2N9O13S4/c1-2-59(49,50)22-5-3-4-19(14-22)36-32-38-31(35)39-33(40-32)37-26-16-23(61(53,54)55)17-27(28(26)45)42-44-29(18-6-9-21(10-7-18)60(51,52)13-12-34)43-41-25-15-20(58-57-56-48)8-11-24(25)30(46)47/h2-11,14-17,41,45,48H,1,12-13H2,(H,46,47)(H,53,54,55)(H2,36,37,38,39,40). The molecule has 0 amide bonds. The average molecular weight is 957 g/mol. The molecule has 0 fully saturated rings. The first-order chi connectivity index (χ1) is 28.8. The van der Waals surface area contributed by atoms with E-state index in [1.54, 1.807) is 0 Å². The number of benzene rings is 4. The lowest BCUT2D eigenvalue weighted by molar-refractivity contribution is -0.432. The molecule has 1 aromatic heterocycles. The molecule has 320 valence electrons. The van der Waals surface area contributed by atoms with E-state index in [0.29, 0.717) is 12.0 Å². The van der Waals surface area contributed by atoms with E-state index in [1.165, 1.54) is 66.7 Å². The third-order valence-corrected chi connectivity index (χ3v) is 12.7. The predicted octanol–water partition coefficient (Wildman–Crippen LogP) is 6.58. The normalized spacial score (nSPS) is 12.3. The number of aromatic carboxylic acids is 1. The molecule has 28 heteroatoms. The van der Waals surface area contributed by atoms with Gasteiger partial charge in [0.05, 0.1) is 49.4 Å². The van der Waals surface area contributed by atoms with Gasteiger partial charge in [0.15, 0.2) is 25.4 Å². The molecule has 0 spiro atoms. The number of nitrogens with one attached hydrogen (secondary N) is 3. The minimum absolute atomic E-state index is 0.0525. The second-order valence-corrected chi connectivity index (χ2v) is 18.5. The zero-order chi connectivity index (χ0) is 44.5. The van der Waals surface area contributed by atoms with Crippen molar-refractivity contribution in [3.63, 3.8) is 0 Å².